The lowest BCUT2D eigenvalue weighted by molar-refractivity contribution is -0.135. The van der Waals surface area contributed by atoms with Gasteiger partial charge in [-0.2, -0.15) is 0 Å². The van der Waals surface area contributed by atoms with Gasteiger partial charge in [0.15, 0.2) is 0 Å². The van der Waals surface area contributed by atoms with Crippen LogP contribution in [0.5, 0.6) is 0 Å². The Morgan fingerprint density at radius 3 is 2.31 bits per heavy atom. The third-order valence-corrected chi connectivity index (χ3v) is 8.23. The third-order valence-electron chi connectivity index (χ3n) is 8.23. The van der Waals surface area contributed by atoms with Crippen molar-refractivity contribution in [3.63, 3.8) is 0 Å². The Hall–Kier alpha value is -4.90. The second kappa shape index (κ2) is 12.3. The lowest BCUT2D eigenvalue weighted by Gasteiger charge is -2.41. The molecule has 0 spiro atoms. The number of rotatable bonds is 9. The molecule has 1 aliphatic rings. The van der Waals surface area contributed by atoms with Crippen molar-refractivity contribution < 1.29 is 19.1 Å². The van der Waals surface area contributed by atoms with Crippen LogP contribution >= 0.6 is 0 Å². The summed E-state index contributed by atoms with van der Waals surface area (Å²) in [5, 5.41) is 9.45. The lowest BCUT2D eigenvalue weighted by Crippen LogP contribution is -2.41. The van der Waals surface area contributed by atoms with Crippen molar-refractivity contribution in [1.82, 2.24) is 4.90 Å². The number of nitrogens with zero attached hydrogens (tertiary/aromatic N) is 1. The molecule has 0 fully saturated rings. The van der Waals surface area contributed by atoms with E-state index in [-0.39, 0.29) is 29.9 Å². The van der Waals surface area contributed by atoms with Crippen molar-refractivity contribution in [2.45, 2.75) is 38.3 Å². The fourth-order valence-electron chi connectivity index (χ4n) is 6.24. The van der Waals surface area contributed by atoms with Gasteiger partial charge in [0.1, 0.15) is 5.76 Å². The number of aromatic carboxylic acids is 1. The summed E-state index contributed by atoms with van der Waals surface area (Å²) in [5.74, 6) is 0.0765. The normalized spacial score (nSPS) is 16.0. The van der Waals surface area contributed by atoms with Crippen molar-refractivity contribution in [2.75, 3.05) is 0 Å². The van der Waals surface area contributed by atoms with E-state index >= 15 is 0 Å². The molecular formula is C37H33NO4. The summed E-state index contributed by atoms with van der Waals surface area (Å²) in [7, 11) is 0. The Bertz CT molecular complexity index is 1680. The summed E-state index contributed by atoms with van der Waals surface area (Å²) in [6.45, 7) is 0.385. The van der Waals surface area contributed by atoms with E-state index in [1.165, 1.54) is 16.7 Å². The fraction of sp³-hybridized carbons (Fsp3) is 0.189. The van der Waals surface area contributed by atoms with Crippen molar-refractivity contribution in [3.05, 3.63) is 155 Å². The Kier molecular flexibility index (Phi) is 8.00. The number of carboxylic acids is 1. The Morgan fingerprint density at radius 2 is 1.52 bits per heavy atom. The van der Waals surface area contributed by atoms with Crippen LogP contribution in [-0.2, 0) is 30.6 Å². The molecule has 0 unspecified atom stereocenters. The van der Waals surface area contributed by atoms with E-state index < -0.39 is 5.97 Å². The summed E-state index contributed by atoms with van der Waals surface area (Å²) >= 11 is 0. The summed E-state index contributed by atoms with van der Waals surface area (Å²) in [5.41, 5.74) is 6.58. The van der Waals surface area contributed by atoms with Crippen molar-refractivity contribution in [3.8, 4) is 11.1 Å². The molecule has 0 saturated heterocycles. The SMILES string of the molecule is O=C(O)c1cccc(-c2cccc(CC(=O)N(Cc3ccco3)[C@@H]3c4ccccc4CC[C@H]3Cc3ccccc3)c2)c1. The number of hydrogen-bond donors (Lipinski definition) is 1. The van der Waals surface area contributed by atoms with Crippen LogP contribution in [0.1, 0.15) is 50.8 Å². The van der Waals surface area contributed by atoms with E-state index in [0.717, 1.165) is 41.7 Å². The standard InChI is InChI=1S/C37H33NO4/c39-35(23-27-11-6-13-29(22-27)30-14-7-15-32(24-30)37(40)41)38(25-33-16-8-20-42-33)36-31(21-26-9-2-1-3-10-26)19-18-28-12-4-5-17-34(28)36/h1-17,20,22,24,31,36H,18-19,21,23,25H2,(H,40,41)/t31-,36-/m0/s1. The van der Waals surface area contributed by atoms with Gasteiger partial charge in [0.2, 0.25) is 5.91 Å². The Morgan fingerprint density at radius 1 is 0.786 bits per heavy atom. The molecule has 0 aliphatic heterocycles. The topological polar surface area (TPSA) is 70.8 Å². The van der Waals surface area contributed by atoms with Gasteiger partial charge in [-0.15, -0.1) is 0 Å². The largest absolute Gasteiger partial charge is 0.478 e. The van der Waals surface area contributed by atoms with Gasteiger partial charge in [-0.1, -0.05) is 91.0 Å². The number of carbonyl (C=O) groups is 2. The first-order chi connectivity index (χ1) is 20.5. The molecule has 5 nitrogen and oxygen atoms in total. The summed E-state index contributed by atoms with van der Waals surface area (Å²) < 4.78 is 5.76. The molecule has 1 N–H and O–H groups in total. The van der Waals surface area contributed by atoms with Crippen LogP contribution in [0.3, 0.4) is 0 Å². The minimum absolute atomic E-state index is 0.0302. The number of hydrogen-bond acceptors (Lipinski definition) is 3. The molecule has 4 aromatic carbocycles. The third kappa shape index (κ3) is 6.06. The molecule has 2 atom stereocenters. The van der Waals surface area contributed by atoms with Gasteiger partial charge < -0.3 is 14.4 Å². The maximum absolute atomic E-state index is 14.3. The average Bonchev–Trinajstić information content (AvgIpc) is 3.54. The molecule has 42 heavy (non-hydrogen) atoms. The van der Waals surface area contributed by atoms with Crippen LogP contribution in [0.4, 0.5) is 0 Å². The summed E-state index contributed by atoms with van der Waals surface area (Å²) in [6, 6.07) is 37.4. The molecule has 6 rings (SSSR count). The molecule has 0 saturated carbocycles. The van der Waals surface area contributed by atoms with Gasteiger partial charge >= 0.3 is 5.97 Å². The molecule has 210 valence electrons. The number of amides is 1. The molecule has 1 amide bonds. The van der Waals surface area contributed by atoms with E-state index in [1.807, 2.05) is 53.4 Å². The van der Waals surface area contributed by atoms with Crippen LogP contribution in [-0.4, -0.2) is 21.9 Å². The molecule has 5 aromatic rings. The zero-order valence-corrected chi connectivity index (χ0v) is 23.4. The number of aryl methyl sites for hydroxylation is 1. The van der Waals surface area contributed by atoms with E-state index in [2.05, 4.69) is 48.5 Å². The first-order valence-corrected chi connectivity index (χ1v) is 14.4. The van der Waals surface area contributed by atoms with Crippen molar-refractivity contribution >= 4 is 11.9 Å². The van der Waals surface area contributed by atoms with Gasteiger partial charge in [-0.25, -0.2) is 4.79 Å². The van der Waals surface area contributed by atoms with Crippen molar-refractivity contribution in [1.29, 1.82) is 0 Å². The van der Waals surface area contributed by atoms with Gasteiger partial charge in [-0.05, 0) is 82.8 Å². The van der Waals surface area contributed by atoms with Crippen molar-refractivity contribution in [2.24, 2.45) is 5.92 Å². The summed E-state index contributed by atoms with van der Waals surface area (Å²) in [4.78, 5) is 27.9. The minimum atomic E-state index is -0.963. The second-order valence-electron chi connectivity index (χ2n) is 11.0. The highest BCUT2D eigenvalue weighted by atomic mass is 16.4. The highest BCUT2D eigenvalue weighted by molar-refractivity contribution is 5.89. The molecular weight excluding hydrogens is 522 g/mol. The van der Waals surface area contributed by atoms with Crippen LogP contribution in [0, 0.1) is 5.92 Å². The molecule has 1 aromatic heterocycles. The molecule has 1 heterocycles. The van der Waals surface area contributed by atoms with Gasteiger partial charge in [0, 0.05) is 0 Å². The zero-order chi connectivity index (χ0) is 28.9. The van der Waals surface area contributed by atoms with Crippen LogP contribution in [0.25, 0.3) is 11.1 Å². The number of furan rings is 1. The van der Waals surface area contributed by atoms with Crippen LogP contribution in [0.15, 0.2) is 126 Å². The highest BCUT2D eigenvalue weighted by Crippen LogP contribution is 2.41. The lowest BCUT2D eigenvalue weighted by atomic mass is 9.76. The maximum atomic E-state index is 14.3. The number of carboxylic acid groups (broad SMARTS) is 1. The number of carbonyl (C=O) groups excluding carboxylic acids is 1. The van der Waals surface area contributed by atoms with E-state index in [1.54, 1.807) is 24.5 Å². The van der Waals surface area contributed by atoms with E-state index in [0.29, 0.717) is 6.54 Å². The predicted octanol–water partition coefficient (Wildman–Crippen LogP) is 7.76. The first-order valence-electron chi connectivity index (χ1n) is 14.4. The Balaban J connectivity index is 1.34. The average molecular weight is 556 g/mol. The Labute approximate surface area is 246 Å². The second-order valence-corrected chi connectivity index (χ2v) is 11.0. The fourth-order valence-corrected chi connectivity index (χ4v) is 6.24. The molecule has 0 bridgehead atoms. The van der Waals surface area contributed by atoms with E-state index in [9.17, 15) is 14.7 Å². The predicted molar refractivity (Wildman–Crippen MR) is 163 cm³/mol. The quantitative estimate of drug-likeness (QED) is 0.202. The molecule has 0 radical (unpaired) electrons. The monoisotopic (exact) mass is 555 g/mol. The maximum Gasteiger partial charge on any atom is 0.335 e. The first kappa shape index (κ1) is 27.3. The van der Waals surface area contributed by atoms with Gasteiger partial charge in [0.05, 0.1) is 30.8 Å². The number of fused-ring (bicyclic) bond motifs is 1. The minimum Gasteiger partial charge on any atom is -0.478 e. The molecule has 5 heteroatoms. The van der Waals surface area contributed by atoms with Crippen LogP contribution in [0.2, 0.25) is 0 Å². The zero-order valence-electron chi connectivity index (χ0n) is 23.4. The number of benzene rings is 4. The van der Waals surface area contributed by atoms with Gasteiger partial charge in [-0.3, -0.25) is 4.79 Å². The summed E-state index contributed by atoms with van der Waals surface area (Å²) in [6.07, 6.45) is 4.75. The van der Waals surface area contributed by atoms with Gasteiger partial charge in [0.25, 0.3) is 0 Å². The van der Waals surface area contributed by atoms with E-state index in [4.69, 9.17) is 4.42 Å². The molecule has 1 aliphatic carbocycles. The van der Waals surface area contributed by atoms with Crippen LogP contribution < -0.4 is 0 Å². The highest BCUT2D eigenvalue weighted by Gasteiger charge is 2.36. The smallest absolute Gasteiger partial charge is 0.335 e.